The van der Waals surface area contributed by atoms with E-state index in [-0.39, 0.29) is 11.9 Å². The Morgan fingerprint density at radius 1 is 1.73 bits per heavy atom. The van der Waals surface area contributed by atoms with Crippen LogP contribution in [-0.2, 0) is 23.9 Å². The van der Waals surface area contributed by atoms with Crippen molar-refractivity contribution >= 4 is 47.3 Å². The monoisotopic (exact) mass is 461 g/mol. The highest BCUT2D eigenvalue weighted by atomic mass is 127. The number of hydrogen-bond acceptors (Lipinski definition) is 7. The van der Waals surface area contributed by atoms with Crippen molar-refractivity contribution in [1.29, 1.82) is 0 Å². The highest BCUT2D eigenvalue weighted by Gasteiger charge is 2.39. The Labute approximate surface area is 146 Å². The molecule has 1 aromatic heterocycles. The number of nitrogens with two attached hydrogens (primary N) is 1. The number of rotatable bonds is 5. The van der Waals surface area contributed by atoms with Gasteiger partial charge in [-0.3, -0.25) is 4.57 Å². The van der Waals surface area contributed by atoms with Crippen molar-refractivity contribution < 1.29 is 17.0 Å². The van der Waals surface area contributed by atoms with Gasteiger partial charge >= 0.3 is 12.4 Å². The predicted octanol–water partition coefficient (Wildman–Crippen LogP) is 1.80. The second kappa shape index (κ2) is 7.20. The van der Waals surface area contributed by atoms with Gasteiger partial charge in [0, 0.05) is 18.2 Å². The first-order valence-electron chi connectivity index (χ1n) is 6.59. The summed E-state index contributed by atoms with van der Waals surface area (Å²) in [6.07, 6.45) is 1.32. The lowest BCUT2D eigenvalue weighted by molar-refractivity contribution is -0.0189. The summed E-state index contributed by atoms with van der Waals surface area (Å²) in [4.78, 5) is 25.6. The van der Waals surface area contributed by atoms with Crippen molar-refractivity contribution in [3.05, 3.63) is 22.2 Å². The molecule has 0 saturated carbocycles. The Morgan fingerprint density at radius 2 is 2.41 bits per heavy atom. The van der Waals surface area contributed by atoms with E-state index in [0.29, 0.717) is 18.4 Å². The molecule has 0 aliphatic carbocycles. The van der Waals surface area contributed by atoms with Gasteiger partial charge in [-0.15, -0.1) is 0 Å². The quantitative estimate of drug-likeness (QED) is 0.505. The first-order valence-corrected chi connectivity index (χ1v) is 10.1. The van der Waals surface area contributed by atoms with Crippen LogP contribution in [0.3, 0.4) is 0 Å². The maximum absolute atomic E-state index is 12.0. The molecule has 0 amide bonds. The van der Waals surface area contributed by atoms with Crippen LogP contribution in [0.1, 0.15) is 31.6 Å². The van der Waals surface area contributed by atoms with Crippen LogP contribution >= 0.6 is 29.7 Å². The highest BCUT2D eigenvalue weighted by molar-refractivity contribution is 14.1. The zero-order valence-electron chi connectivity index (χ0n) is 12.0. The number of ether oxygens (including phenoxy) is 1. The minimum atomic E-state index is -3.30. The van der Waals surface area contributed by atoms with E-state index in [1.165, 1.54) is 27.6 Å². The smallest absolute Gasteiger partial charge is 0.351 e. The Morgan fingerprint density at radius 3 is 3.00 bits per heavy atom. The van der Waals surface area contributed by atoms with E-state index < -0.39 is 24.7 Å². The van der Waals surface area contributed by atoms with Crippen molar-refractivity contribution in [3.63, 3.8) is 0 Å². The lowest BCUT2D eigenvalue weighted by atomic mass is 10.1. The molecule has 11 heteroatoms. The summed E-state index contributed by atoms with van der Waals surface area (Å²) < 4.78 is 17.4. The molecule has 8 nitrogen and oxygen atoms in total. The third-order valence-corrected chi connectivity index (χ3v) is 7.02. The minimum absolute atomic E-state index is 0.197. The first kappa shape index (κ1) is 18.2. The van der Waals surface area contributed by atoms with Crippen LogP contribution in [0, 0.1) is 6.92 Å². The molecular formula is C11H17IN3O5PS. The van der Waals surface area contributed by atoms with E-state index in [2.05, 4.69) is 4.98 Å². The lowest BCUT2D eigenvalue weighted by Gasteiger charge is -2.20. The van der Waals surface area contributed by atoms with Crippen LogP contribution in [0.2, 0.25) is 0 Å². The standard InChI is InChI=1S/C11H17IN3O5PS/c1-3-7-8(19-21(17,22)20-12)4-9(18-7)15-5-6(2)10(13)14-11(15)16/h5,7-9H,3-4H2,1-2H3,(H,17,22)(H2,13,14,16)/t7-,8?,9-,21?/m1/s1. The molecule has 0 spiro atoms. The van der Waals surface area contributed by atoms with E-state index in [1.807, 2.05) is 6.92 Å². The maximum Gasteiger partial charge on any atom is 0.351 e. The Balaban J connectivity index is 2.24. The van der Waals surface area contributed by atoms with Crippen molar-refractivity contribution in [3.8, 4) is 0 Å². The summed E-state index contributed by atoms with van der Waals surface area (Å²) >= 11 is 6.38. The number of nitrogen functional groups attached to an aromatic ring is 1. The molecular weight excluding hydrogens is 444 g/mol. The molecule has 3 N–H and O–H groups in total. The average Bonchev–Trinajstić information content (AvgIpc) is 2.84. The lowest BCUT2D eigenvalue weighted by Crippen LogP contribution is -2.28. The number of halogens is 1. The van der Waals surface area contributed by atoms with Crippen LogP contribution in [0.15, 0.2) is 11.0 Å². The number of hydrogen-bond donors (Lipinski definition) is 2. The molecule has 2 rings (SSSR count). The van der Waals surface area contributed by atoms with Gasteiger partial charge in [-0.2, -0.15) is 4.98 Å². The van der Waals surface area contributed by atoms with E-state index in [0.717, 1.165) is 0 Å². The van der Waals surface area contributed by atoms with E-state index in [4.69, 9.17) is 29.7 Å². The van der Waals surface area contributed by atoms with Gasteiger partial charge < -0.3 is 19.9 Å². The minimum Gasteiger partial charge on any atom is -0.383 e. The maximum atomic E-state index is 12.0. The SMILES string of the molecule is CC[C@H]1O[C@@H](n2cc(C)c(N)nc2=O)CC1OP(O)(=S)OI. The normalized spacial score (nSPS) is 27.7. The third kappa shape index (κ3) is 4.05. The summed E-state index contributed by atoms with van der Waals surface area (Å²) in [5.74, 6) is 0.197. The van der Waals surface area contributed by atoms with E-state index in [1.54, 1.807) is 13.1 Å². The molecule has 1 saturated heterocycles. The third-order valence-electron chi connectivity index (χ3n) is 3.42. The summed E-state index contributed by atoms with van der Waals surface area (Å²) in [5, 5.41) is 0. The van der Waals surface area contributed by atoms with Gasteiger partial charge in [0.1, 0.15) is 35.1 Å². The van der Waals surface area contributed by atoms with Crippen LogP contribution in [0.25, 0.3) is 0 Å². The van der Waals surface area contributed by atoms with Crippen LogP contribution in [0.4, 0.5) is 5.82 Å². The Kier molecular flexibility index (Phi) is 5.97. The molecule has 1 fully saturated rings. The number of aryl methyl sites for hydroxylation is 1. The van der Waals surface area contributed by atoms with Gasteiger partial charge in [-0.1, -0.05) is 6.92 Å². The first-order chi connectivity index (χ1) is 10.3. The fraction of sp³-hybridized carbons (Fsp3) is 0.636. The zero-order valence-corrected chi connectivity index (χ0v) is 15.9. The molecule has 1 aliphatic rings. The molecule has 22 heavy (non-hydrogen) atoms. The van der Waals surface area contributed by atoms with E-state index >= 15 is 0 Å². The van der Waals surface area contributed by atoms with Gasteiger partial charge in [-0.05, 0) is 25.2 Å². The van der Waals surface area contributed by atoms with Gasteiger partial charge in [-0.25, -0.2) is 7.65 Å². The van der Waals surface area contributed by atoms with Gasteiger partial charge in [0.2, 0.25) is 0 Å². The van der Waals surface area contributed by atoms with Crippen molar-refractivity contribution in [2.75, 3.05) is 5.73 Å². The second-order valence-corrected chi connectivity index (χ2v) is 8.81. The molecule has 2 heterocycles. The van der Waals surface area contributed by atoms with Crippen LogP contribution in [0.5, 0.6) is 0 Å². The highest BCUT2D eigenvalue weighted by Crippen LogP contribution is 2.50. The molecule has 2 unspecified atom stereocenters. The van der Waals surface area contributed by atoms with Crippen molar-refractivity contribution in [2.24, 2.45) is 0 Å². The number of nitrogens with zero attached hydrogens (tertiary/aromatic N) is 2. The topological polar surface area (TPSA) is 109 Å². The summed E-state index contributed by atoms with van der Waals surface area (Å²) in [6.45, 7) is 0.377. The molecule has 0 bridgehead atoms. The average molecular weight is 461 g/mol. The van der Waals surface area contributed by atoms with E-state index in [9.17, 15) is 9.69 Å². The molecule has 1 aliphatic heterocycles. The fourth-order valence-corrected chi connectivity index (χ4v) is 3.52. The molecule has 4 atom stereocenters. The largest absolute Gasteiger partial charge is 0.383 e. The summed E-state index contributed by atoms with van der Waals surface area (Å²) in [6, 6.07) is 0. The predicted molar refractivity (Wildman–Crippen MR) is 92.9 cm³/mol. The second-order valence-electron chi connectivity index (χ2n) is 4.95. The number of aromatic nitrogens is 2. The van der Waals surface area contributed by atoms with Crippen molar-refractivity contribution in [1.82, 2.24) is 9.55 Å². The summed E-state index contributed by atoms with van der Waals surface area (Å²) in [7, 11) is 0. The zero-order chi connectivity index (χ0) is 16.5. The molecule has 0 radical (unpaired) electrons. The fourth-order valence-electron chi connectivity index (χ4n) is 2.32. The number of anilines is 1. The summed E-state index contributed by atoms with van der Waals surface area (Å²) in [5.41, 5.74) is 5.82. The van der Waals surface area contributed by atoms with Crippen LogP contribution in [-0.4, -0.2) is 26.7 Å². The Hall–Kier alpha value is -0.100. The van der Waals surface area contributed by atoms with Crippen LogP contribution < -0.4 is 11.4 Å². The van der Waals surface area contributed by atoms with Gasteiger partial charge in [0.25, 0.3) is 0 Å². The molecule has 1 aromatic rings. The van der Waals surface area contributed by atoms with Gasteiger partial charge in [0.15, 0.2) is 0 Å². The van der Waals surface area contributed by atoms with Gasteiger partial charge in [0.05, 0.1) is 12.2 Å². The molecule has 124 valence electrons. The molecule has 0 aromatic carbocycles. The Bertz CT molecular complexity index is 657. The van der Waals surface area contributed by atoms with Crippen molar-refractivity contribution in [2.45, 2.75) is 45.1 Å².